The summed E-state index contributed by atoms with van der Waals surface area (Å²) >= 11 is 0. The number of H-pyrrole nitrogens is 1. The van der Waals surface area contributed by atoms with Crippen molar-refractivity contribution in [1.29, 1.82) is 0 Å². The molecule has 2 aromatic carbocycles. The van der Waals surface area contributed by atoms with Crippen molar-refractivity contribution < 1.29 is 22.7 Å². The maximum absolute atomic E-state index is 13.9. The van der Waals surface area contributed by atoms with E-state index in [1.807, 2.05) is 0 Å². The van der Waals surface area contributed by atoms with Crippen molar-refractivity contribution in [1.82, 2.24) is 9.97 Å². The monoisotopic (exact) mass is 461 g/mol. The average molecular weight is 461 g/mol. The lowest BCUT2D eigenvalue weighted by Crippen LogP contribution is -2.25. The van der Waals surface area contributed by atoms with E-state index in [9.17, 15) is 22.8 Å². The molecule has 6 nitrogen and oxygen atoms in total. The predicted molar refractivity (Wildman–Crippen MR) is 121 cm³/mol. The predicted octanol–water partition coefficient (Wildman–Crippen LogP) is 5.40. The Morgan fingerprint density at radius 3 is 2.27 bits per heavy atom. The summed E-state index contributed by atoms with van der Waals surface area (Å²) in [5.74, 6) is -0.246. The number of nitrogens with zero attached hydrogens (tertiary/aromatic N) is 2. The molecule has 1 unspecified atom stereocenters. The van der Waals surface area contributed by atoms with Crippen LogP contribution in [-0.2, 0) is 10.9 Å². The number of fused-ring (bicyclic) bond motifs is 1. The topological polar surface area (TPSA) is 75.3 Å². The number of aryl methyl sites for hydroxylation is 1. The van der Waals surface area contributed by atoms with Gasteiger partial charge in [0.1, 0.15) is 11.4 Å². The lowest BCUT2D eigenvalue weighted by molar-refractivity contribution is -0.138. The largest absolute Gasteiger partial charge is 0.456 e. The first-order valence-electron chi connectivity index (χ1n) is 10.4. The van der Waals surface area contributed by atoms with Crippen molar-refractivity contribution in [2.75, 3.05) is 11.9 Å². The average Bonchev–Trinajstić information content (AvgIpc) is 2.70. The van der Waals surface area contributed by atoms with Crippen LogP contribution in [0.15, 0.2) is 41.2 Å². The summed E-state index contributed by atoms with van der Waals surface area (Å²) in [5.41, 5.74) is -1.12. The molecular formula is C24H26F3N3O3. The van der Waals surface area contributed by atoms with Gasteiger partial charge in [-0.2, -0.15) is 13.2 Å². The molecule has 176 valence electrons. The van der Waals surface area contributed by atoms with Crippen LogP contribution in [0.3, 0.4) is 0 Å². The normalized spacial score (nSPS) is 13.1. The van der Waals surface area contributed by atoms with Crippen LogP contribution in [-0.4, -0.2) is 28.6 Å². The smallest absolute Gasteiger partial charge is 0.416 e. The van der Waals surface area contributed by atoms with Gasteiger partial charge in [0.05, 0.1) is 28.1 Å². The van der Waals surface area contributed by atoms with Crippen molar-refractivity contribution >= 4 is 22.6 Å². The van der Waals surface area contributed by atoms with Gasteiger partial charge in [0.15, 0.2) is 0 Å². The van der Waals surface area contributed by atoms with Crippen molar-refractivity contribution in [3.05, 3.63) is 69.3 Å². The number of nitrogens with one attached hydrogen (secondary N) is 1. The highest BCUT2D eigenvalue weighted by molar-refractivity contribution is 5.90. The second-order valence-corrected chi connectivity index (χ2v) is 8.94. The molecule has 1 atom stereocenters. The summed E-state index contributed by atoms with van der Waals surface area (Å²) in [7, 11) is 1.65. The third-order valence-electron chi connectivity index (χ3n) is 5.24. The number of benzene rings is 2. The van der Waals surface area contributed by atoms with Crippen LogP contribution in [0.4, 0.5) is 18.9 Å². The molecule has 0 fully saturated rings. The molecule has 1 heterocycles. The standard InChI is InChI=1S/C24H26F3N3O3/c1-13(30(6)16-9-7-15(8-10-16)22(32)33-23(3,4)5)17-11-18-20(12-19(17)24(25,26)27)28-14(2)29-21(18)31/h7-13H,1-6H3,(H,28,29,31). The van der Waals surface area contributed by atoms with Crippen LogP contribution in [0.1, 0.15) is 61.0 Å². The molecule has 0 bridgehead atoms. The minimum absolute atomic E-state index is 0.0103. The fourth-order valence-electron chi connectivity index (χ4n) is 3.51. The van der Waals surface area contributed by atoms with Crippen LogP contribution in [0.2, 0.25) is 0 Å². The second-order valence-electron chi connectivity index (χ2n) is 8.94. The van der Waals surface area contributed by atoms with Crippen LogP contribution in [0.25, 0.3) is 10.9 Å². The minimum Gasteiger partial charge on any atom is -0.456 e. The number of rotatable bonds is 4. The Balaban J connectivity index is 2.00. The van der Waals surface area contributed by atoms with Crippen LogP contribution >= 0.6 is 0 Å². The first-order chi connectivity index (χ1) is 15.2. The molecule has 0 aliphatic heterocycles. The number of anilines is 1. The van der Waals surface area contributed by atoms with Crippen molar-refractivity contribution in [2.45, 2.75) is 52.4 Å². The number of aromatic nitrogens is 2. The summed E-state index contributed by atoms with van der Waals surface area (Å²) in [4.78, 5) is 32.8. The highest BCUT2D eigenvalue weighted by Gasteiger charge is 2.36. The Labute approximate surface area is 189 Å². The molecule has 0 spiro atoms. The number of hydrogen-bond acceptors (Lipinski definition) is 5. The van der Waals surface area contributed by atoms with Gasteiger partial charge in [0, 0.05) is 12.7 Å². The molecule has 0 aliphatic carbocycles. The number of hydrogen-bond donors (Lipinski definition) is 1. The molecule has 0 saturated carbocycles. The van der Waals surface area contributed by atoms with Gasteiger partial charge in [-0.15, -0.1) is 0 Å². The van der Waals surface area contributed by atoms with Crippen LogP contribution < -0.4 is 10.5 Å². The summed E-state index contributed by atoms with van der Waals surface area (Å²) in [6.07, 6.45) is -4.63. The van der Waals surface area contributed by atoms with Crippen molar-refractivity contribution in [3.8, 4) is 0 Å². The molecule has 1 N–H and O–H groups in total. The van der Waals surface area contributed by atoms with Gasteiger partial charge in [0.2, 0.25) is 0 Å². The molecule has 1 aromatic heterocycles. The van der Waals surface area contributed by atoms with Gasteiger partial charge in [-0.25, -0.2) is 9.78 Å². The van der Waals surface area contributed by atoms with E-state index in [-0.39, 0.29) is 22.3 Å². The molecule has 0 radical (unpaired) electrons. The fourth-order valence-corrected chi connectivity index (χ4v) is 3.51. The number of ether oxygens (including phenoxy) is 1. The SMILES string of the molecule is Cc1nc2cc(C(F)(F)F)c(C(C)N(C)c3ccc(C(=O)OC(C)(C)C)cc3)cc2c(=O)[nH]1. The zero-order chi connectivity index (χ0) is 24.7. The number of esters is 1. The van der Waals surface area contributed by atoms with E-state index >= 15 is 0 Å². The molecule has 0 amide bonds. The van der Waals surface area contributed by atoms with E-state index in [0.29, 0.717) is 11.3 Å². The molecular weight excluding hydrogens is 435 g/mol. The molecule has 33 heavy (non-hydrogen) atoms. The summed E-state index contributed by atoms with van der Waals surface area (Å²) in [5, 5.41) is 0.0872. The lowest BCUT2D eigenvalue weighted by Gasteiger charge is -2.30. The van der Waals surface area contributed by atoms with E-state index in [1.165, 1.54) is 13.0 Å². The van der Waals surface area contributed by atoms with E-state index < -0.39 is 34.9 Å². The maximum atomic E-state index is 13.9. The Hall–Kier alpha value is -3.36. The molecule has 3 aromatic rings. The first kappa shape index (κ1) is 24.3. The van der Waals surface area contributed by atoms with Crippen LogP contribution in [0.5, 0.6) is 0 Å². The number of carbonyl (C=O) groups is 1. The molecule has 0 aliphatic rings. The highest BCUT2D eigenvalue weighted by Crippen LogP contribution is 2.38. The van der Waals surface area contributed by atoms with Gasteiger partial charge in [-0.3, -0.25) is 4.79 Å². The van der Waals surface area contributed by atoms with Gasteiger partial charge < -0.3 is 14.6 Å². The van der Waals surface area contributed by atoms with Gasteiger partial charge in [0.25, 0.3) is 5.56 Å². The number of aromatic amines is 1. The summed E-state index contributed by atoms with van der Waals surface area (Å²) in [6.45, 7) is 8.42. The third-order valence-corrected chi connectivity index (χ3v) is 5.24. The zero-order valence-corrected chi connectivity index (χ0v) is 19.3. The minimum atomic E-state index is -4.63. The van der Waals surface area contributed by atoms with Gasteiger partial charge in [-0.1, -0.05) is 0 Å². The quantitative estimate of drug-likeness (QED) is 0.527. The Morgan fingerprint density at radius 1 is 1.12 bits per heavy atom. The fraction of sp³-hybridized carbons (Fsp3) is 0.375. The zero-order valence-electron chi connectivity index (χ0n) is 19.3. The summed E-state index contributed by atoms with van der Waals surface area (Å²) < 4.78 is 47.0. The van der Waals surface area contributed by atoms with Crippen LogP contribution in [0, 0.1) is 6.92 Å². The third kappa shape index (κ3) is 5.35. The summed E-state index contributed by atoms with van der Waals surface area (Å²) in [6, 6.07) is 7.84. The van der Waals surface area contributed by atoms with Gasteiger partial charge in [-0.05, 0) is 76.6 Å². The first-order valence-corrected chi connectivity index (χ1v) is 10.4. The van der Waals surface area contributed by atoms with Crippen molar-refractivity contribution in [3.63, 3.8) is 0 Å². The van der Waals surface area contributed by atoms with Gasteiger partial charge >= 0.3 is 12.1 Å². The second kappa shape index (κ2) is 8.53. The molecule has 9 heteroatoms. The number of carbonyl (C=O) groups excluding carboxylic acids is 1. The Kier molecular flexibility index (Phi) is 6.28. The maximum Gasteiger partial charge on any atom is 0.416 e. The molecule has 3 rings (SSSR count). The Morgan fingerprint density at radius 2 is 1.73 bits per heavy atom. The van der Waals surface area contributed by atoms with Crippen molar-refractivity contribution in [2.24, 2.45) is 0 Å². The van der Waals surface area contributed by atoms with E-state index in [0.717, 1.165) is 6.07 Å². The Bertz CT molecular complexity index is 1240. The highest BCUT2D eigenvalue weighted by atomic mass is 19.4. The number of alkyl halides is 3. The number of halogens is 3. The van der Waals surface area contributed by atoms with E-state index in [2.05, 4.69) is 9.97 Å². The lowest BCUT2D eigenvalue weighted by atomic mass is 9.97. The molecule has 0 saturated heterocycles. The van der Waals surface area contributed by atoms with E-state index in [1.54, 1.807) is 63.9 Å². The van der Waals surface area contributed by atoms with E-state index in [4.69, 9.17) is 4.74 Å².